The molecule has 0 bridgehead atoms. The second kappa shape index (κ2) is 7.90. The van der Waals surface area contributed by atoms with E-state index in [9.17, 15) is 4.39 Å². The summed E-state index contributed by atoms with van der Waals surface area (Å²) < 4.78 is 25.2. The third-order valence-electron chi connectivity index (χ3n) is 4.38. The minimum absolute atomic E-state index is 0.0787. The van der Waals surface area contributed by atoms with Crippen LogP contribution < -0.4 is 10.1 Å². The standard InChI is InChI=1S/C17H25FN2O2/c18-16-13-14(3-8-20-9-6-19-7-10-20)1-2-17(16)22-15-4-11-21-12-5-15/h1-2,13,15,19H,3-12H2. The molecule has 0 spiro atoms. The lowest BCUT2D eigenvalue weighted by Crippen LogP contribution is -2.44. The fraction of sp³-hybridized carbons (Fsp3) is 0.647. The molecule has 2 saturated heterocycles. The number of nitrogens with one attached hydrogen (secondary N) is 1. The topological polar surface area (TPSA) is 33.7 Å². The third kappa shape index (κ3) is 4.41. The summed E-state index contributed by atoms with van der Waals surface area (Å²) in [7, 11) is 0. The van der Waals surface area contributed by atoms with Gasteiger partial charge in [0.1, 0.15) is 6.10 Å². The summed E-state index contributed by atoms with van der Waals surface area (Å²) in [6.07, 6.45) is 2.64. The summed E-state index contributed by atoms with van der Waals surface area (Å²) in [6, 6.07) is 5.38. The van der Waals surface area contributed by atoms with Crippen molar-refractivity contribution in [2.75, 3.05) is 45.9 Å². The lowest BCUT2D eigenvalue weighted by Gasteiger charge is -2.27. The smallest absolute Gasteiger partial charge is 0.165 e. The Bertz CT molecular complexity index is 472. The van der Waals surface area contributed by atoms with Crippen molar-refractivity contribution in [2.45, 2.75) is 25.4 Å². The molecule has 0 unspecified atom stereocenters. The van der Waals surface area contributed by atoms with Crippen LogP contribution in [-0.4, -0.2) is 56.9 Å². The monoisotopic (exact) mass is 308 g/mol. The normalized spacial score (nSPS) is 21.0. The minimum atomic E-state index is -0.246. The summed E-state index contributed by atoms with van der Waals surface area (Å²) in [5, 5.41) is 3.34. The van der Waals surface area contributed by atoms with Crippen molar-refractivity contribution < 1.29 is 13.9 Å². The molecule has 122 valence electrons. The van der Waals surface area contributed by atoms with E-state index in [4.69, 9.17) is 9.47 Å². The molecule has 0 amide bonds. The van der Waals surface area contributed by atoms with Crippen molar-refractivity contribution in [2.24, 2.45) is 0 Å². The summed E-state index contributed by atoms with van der Waals surface area (Å²) in [5.41, 5.74) is 1.04. The van der Waals surface area contributed by atoms with E-state index in [0.717, 1.165) is 57.5 Å². The zero-order valence-corrected chi connectivity index (χ0v) is 13.0. The van der Waals surface area contributed by atoms with Gasteiger partial charge in [-0.2, -0.15) is 0 Å². The Balaban J connectivity index is 1.52. The van der Waals surface area contributed by atoms with Gasteiger partial charge in [0, 0.05) is 45.6 Å². The average molecular weight is 308 g/mol. The van der Waals surface area contributed by atoms with E-state index < -0.39 is 0 Å². The molecule has 0 aromatic heterocycles. The van der Waals surface area contributed by atoms with Crippen molar-refractivity contribution in [3.8, 4) is 5.75 Å². The maximum Gasteiger partial charge on any atom is 0.165 e. The van der Waals surface area contributed by atoms with Crippen LogP contribution in [0.4, 0.5) is 4.39 Å². The molecule has 0 atom stereocenters. The highest BCUT2D eigenvalue weighted by Crippen LogP contribution is 2.23. The fourth-order valence-corrected chi connectivity index (χ4v) is 2.99. The molecular weight excluding hydrogens is 283 g/mol. The van der Waals surface area contributed by atoms with Gasteiger partial charge in [-0.15, -0.1) is 0 Å². The van der Waals surface area contributed by atoms with Gasteiger partial charge < -0.3 is 19.7 Å². The van der Waals surface area contributed by atoms with Crippen LogP contribution in [0.3, 0.4) is 0 Å². The van der Waals surface area contributed by atoms with E-state index in [1.807, 2.05) is 6.07 Å². The highest BCUT2D eigenvalue weighted by Gasteiger charge is 2.17. The Hall–Kier alpha value is -1.17. The van der Waals surface area contributed by atoms with Gasteiger partial charge in [-0.05, 0) is 24.1 Å². The number of halogens is 1. The molecule has 1 N–H and O–H groups in total. The Morgan fingerprint density at radius 2 is 2.00 bits per heavy atom. The maximum atomic E-state index is 14.2. The third-order valence-corrected chi connectivity index (χ3v) is 4.38. The van der Waals surface area contributed by atoms with E-state index in [1.54, 1.807) is 12.1 Å². The number of benzene rings is 1. The van der Waals surface area contributed by atoms with Crippen LogP contribution in [0.5, 0.6) is 5.75 Å². The van der Waals surface area contributed by atoms with Gasteiger partial charge in [0.05, 0.1) is 13.2 Å². The first-order valence-electron chi connectivity index (χ1n) is 8.27. The Morgan fingerprint density at radius 3 is 2.73 bits per heavy atom. The summed E-state index contributed by atoms with van der Waals surface area (Å²) in [4.78, 5) is 2.42. The van der Waals surface area contributed by atoms with Gasteiger partial charge in [0.25, 0.3) is 0 Å². The molecule has 4 nitrogen and oxygen atoms in total. The number of hydrogen-bond donors (Lipinski definition) is 1. The number of ether oxygens (including phenoxy) is 2. The molecule has 2 aliphatic heterocycles. The van der Waals surface area contributed by atoms with Gasteiger partial charge in [-0.3, -0.25) is 0 Å². The summed E-state index contributed by atoms with van der Waals surface area (Å²) in [5.74, 6) is 0.127. The SMILES string of the molecule is Fc1cc(CCN2CCNCC2)ccc1OC1CCOCC1. The Kier molecular flexibility index (Phi) is 5.64. The highest BCUT2D eigenvalue weighted by molar-refractivity contribution is 5.29. The van der Waals surface area contributed by atoms with Crippen molar-refractivity contribution in [1.82, 2.24) is 10.2 Å². The van der Waals surface area contributed by atoms with Crippen LogP contribution >= 0.6 is 0 Å². The molecule has 2 fully saturated rings. The van der Waals surface area contributed by atoms with Crippen LogP contribution in [0.1, 0.15) is 18.4 Å². The van der Waals surface area contributed by atoms with Gasteiger partial charge in [0.15, 0.2) is 11.6 Å². The first kappa shape index (κ1) is 15.7. The maximum absolute atomic E-state index is 14.2. The molecule has 1 aromatic rings. The van der Waals surface area contributed by atoms with Gasteiger partial charge in [-0.25, -0.2) is 4.39 Å². The lowest BCUT2D eigenvalue weighted by atomic mass is 10.1. The summed E-state index contributed by atoms with van der Waals surface area (Å²) in [6.45, 7) is 6.64. The van der Waals surface area contributed by atoms with Gasteiger partial charge in [0.2, 0.25) is 0 Å². The van der Waals surface area contributed by atoms with E-state index in [1.165, 1.54) is 0 Å². The number of piperazine rings is 1. The second-order valence-corrected chi connectivity index (χ2v) is 6.04. The minimum Gasteiger partial charge on any atom is -0.487 e. The van der Waals surface area contributed by atoms with Crippen molar-refractivity contribution in [1.29, 1.82) is 0 Å². The predicted octanol–water partition coefficient (Wildman–Crippen LogP) is 1.83. The molecule has 0 aliphatic carbocycles. The van der Waals surface area contributed by atoms with Crippen LogP contribution in [0, 0.1) is 5.82 Å². The molecule has 5 heteroatoms. The van der Waals surface area contributed by atoms with Crippen LogP contribution in [0.2, 0.25) is 0 Å². The van der Waals surface area contributed by atoms with E-state index in [0.29, 0.717) is 19.0 Å². The molecule has 3 rings (SSSR count). The second-order valence-electron chi connectivity index (χ2n) is 6.04. The first-order valence-corrected chi connectivity index (χ1v) is 8.27. The quantitative estimate of drug-likeness (QED) is 0.900. The Morgan fingerprint density at radius 1 is 1.23 bits per heavy atom. The predicted molar refractivity (Wildman–Crippen MR) is 83.9 cm³/mol. The number of nitrogens with zero attached hydrogens (tertiary/aromatic N) is 1. The van der Waals surface area contributed by atoms with E-state index >= 15 is 0 Å². The molecule has 0 radical (unpaired) electrons. The molecule has 1 aromatic carbocycles. The molecule has 2 heterocycles. The van der Waals surface area contributed by atoms with E-state index in [2.05, 4.69) is 10.2 Å². The van der Waals surface area contributed by atoms with Gasteiger partial charge >= 0.3 is 0 Å². The first-order chi connectivity index (χ1) is 10.8. The van der Waals surface area contributed by atoms with Crippen molar-refractivity contribution in [3.05, 3.63) is 29.6 Å². The highest BCUT2D eigenvalue weighted by atomic mass is 19.1. The number of rotatable bonds is 5. The molecule has 22 heavy (non-hydrogen) atoms. The molecule has 0 saturated carbocycles. The van der Waals surface area contributed by atoms with Gasteiger partial charge in [-0.1, -0.05) is 6.07 Å². The van der Waals surface area contributed by atoms with Crippen molar-refractivity contribution >= 4 is 0 Å². The molecular formula is C17H25FN2O2. The average Bonchev–Trinajstić information content (AvgIpc) is 2.57. The van der Waals surface area contributed by atoms with E-state index in [-0.39, 0.29) is 11.9 Å². The fourth-order valence-electron chi connectivity index (χ4n) is 2.99. The molecule has 2 aliphatic rings. The zero-order valence-electron chi connectivity index (χ0n) is 13.0. The Labute approximate surface area is 131 Å². The van der Waals surface area contributed by atoms with Crippen molar-refractivity contribution in [3.63, 3.8) is 0 Å². The number of hydrogen-bond acceptors (Lipinski definition) is 4. The summed E-state index contributed by atoms with van der Waals surface area (Å²) >= 11 is 0. The lowest BCUT2D eigenvalue weighted by molar-refractivity contribution is 0.0240. The van der Waals surface area contributed by atoms with Crippen LogP contribution in [0.15, 0.2) is 18.2 Å². The van der Waals surface area contributed by atoms with Crippen LogP contribution in [-0.2, 0) is 11.2 Å². The van der Waals surface area contributed by atoms with Crippen LogP contribution in [0.25, 0.3) is 0 Å². The zero-order chi connectivity index (χ0) is 15.2. The largest absolute Gasteiger partial charge is 0.487 e.